The van der Waals surface area contributed by atoms with Crippen molar-refractivity contribution >= 4 is 25.3 Å². The van der Waals surface area contributed by atoms with E-state index in [4.69, 9.17) is 0 Å². The first kappa shape index (κ1) is 15.0. The molecule has 0 N–H and O–H groups in total. The molecule has 0 radical (unpaired) electrons. The third-order valence-electron chi connectivity index (χ3n) is 3.11. The van der Waals surface area contributed by atoms with Gasteiger partial charge >= 0.3 is 0 Å². The molecule has 0 amide bonds. The van der Waals surface area contributed by atoms with Gasteiger partial charge < -0.3 is 0 Å². The minimum absolute atomic E-state index is 1.04. The lowest BCUT2D eigenvalue weighted by Gasteiger charge is -2.06. The van der Waals surface area contributed by atoms with Gasteiger partial charge in [-0.25, -0.2) is 0 Å². The molecule has 0 aliphatic heterocycles. The van der Waals surface area contributed by atoms with E-state index in [2.05, 4.69) is 38.2 Å². The molecule has 0 saturated carbocycles. The van der Waals surface area contributed by atoms with Crippen LogP contribution in [-0.2, 0) is 6.42 Å². The Morgan fingerprint density at radius 3 is 2.24 bits per heavy atom. The van der Waals surface area contributed by atoms with Gasteiger partial charge in [0.05, 0.1) is 0 Å². The average molecular weight is 268 g/mol. The lowest BCUT2D eigenvalue weighted by Crippen LogP contribution is -1.88. The summed E-state index contributed by atoms with van der Waals surface area (Å²) in [5.41, 5.74) is 1.34. The Morgan fingerprint density at radius 1 is 0.882 bits per heavy atom. The first-order valence-electron chi connectivity index (χ1n) is 6.75. The fourth-order valence-corrected chi connectivity index (χ4v) is 2.53. The highest BCUT2D eigenvalue weighted by atomic mass is 32.1. The minimum atomic E-state index is 1.04. The van der Waals surface area contributed by atoms with Crippen molar-refractivity contribution in [3.63, 3.8) is 0 Å². The number of thiol groups is 2. The third kappa shape index (κ3) is 6.42. The van der Waals surface area contributed by atoms with Crippen molar-refractivity contribution in [3.8, 4) is 0 Å². The van der Waals surface area contributed by atoms with E-state index in [9.17, 15) is 0 Å². The second kappa shape index (κ2) is 8.93. The quantitative estimate of drug-likeness (QED) is 0.448. The Labute approximate surface area is 117 Å². The lowest BCUT2D eigenvalue weighted by atomic mass is 10.0. The van der Waals surface area contributed by atoms with Gasteiger partial charge in [-0.15, -0.1) is 25.3 Å². The maximum absolute atomic E-state index is 4.48. The fraction of sp³-hybridized carbons (Fsp3) is 0.600. The van der Waals surface area contributed by atoms with Crippen molar-refractivity contribution in [2.45, 2.75) is 68.1 Å². The fourth-order valence-electron chi connectivity index (χ4n) is 2.04. The zero-order valence-corrected chi connectivity index (χ0v) is 12.6. The Balaban J connectivity index is 2.15. The van der Waals surface area contributed by atoms with Crippen LogP contribution in [0.15, 0.2) is 28.0 Å². The Bertz CT molecular complexity index is 321. The van der Waals surface area contributed by atoms with Gasteiger partial charge in [-0.05, 0) is 36.6 Å². The zero-order chi connectivity index (χ0) is 12.5. The third-order valence-corrected chi connectivity index (χ3v) is 3.83. The molecule has 0 aliphatic carbocycles. The first-order chi connectivity index (χ1) is 8.24. The van der Waals surface area contributed by atoms with Crippen molar-refractivity contribution in [2.75, 3.05) is 0 Å². The first-order valence-corrected chi connectivity index (χ1v) is 7.64. The van der Waals surface area contributed by atoms with Crippen molar-refractivity contribution in [3.05, 3.63) is 23.8 Å². The topological polar surface area (TPSA) is 0 Å². The number of unbranched alkanes of at least 4 members (excludes halogenated alkanes) is 6. The summed E-state index contributed by atoms with van der Waals surface area (Å²) in [4.78, 5) is 2.15. The normalized spacial score (nSPS) is 10.8. The zero-order valence-electron chi connectivity index (χ0n) is 10.8. The van der Waals surface area contributed by atoms with Gasteiger partial charge in [0.25, 0.3) is 0 Å². The highest BCUT2D eigenvalue weighted by Gasteiger charge is 1.99. The average Bonchev–Trinajstić information content (AvgIpc) is 2.32. The van der Waals surface area contributed by atoms with E-state index in [0.717, 1.165) is 16.2 Å². The smallest absolute Gasteiger partial charge is 0.00728 e. The van der Waals surface area contributed by atoms with E-state index >= 15 is 0 Å². The second-order valence-electron chi connectivity index (χ2n) is 4.68. The summed E-state index contributed by atoms with van der Waals surface area (Å²) >= 11 is 8.85. The molecule has 0 bridgehead atoms. The minimum Gasteiger partial charge on any atom is -0.143 e. The summed E-state index contributed by atoms with van der Waals surface area (Å²) < 4.78 is 0. The molecule has 2 heteroatoms. The van der Waals surface area contributed by atoms with Crippen LogP contribution in [0.2, 0.25) is 0 Å². The molecule has 0 nitrogen and oxygen atoms in total. The van der Waals surface area contributed by atoms with Crippen molar-refractivity contribution < 1.29 is 0 Å². The summed E-state index contributed by atoms with van der Waals surface area (Å²) in [6.07, 6.45) is 10.7. The molecule has 1 aromatic rings. The molecule has 1 aromatic carbocycles. The molecule has 0 atom stereocenters. The second-order valence-corrected chi connectivity index (χ2v) is 5.68. The Hall–Kier alpha value is -0.0800. The predicted octanol–water partition coefficient (Wildman–Crippen LogP) is 5.56. The number of hydrogen-bond donors (Lipinski definition) is 2. The van der Waals surface area contributed by atoms with Gasteiger partial charge in [0.15, 0.2) is 0 Å². The molecule has 17 heavy (non-hydrogen) atoms. The van der Waals surface area contributed by atoms with Gasteiger partial charge in [-0.1, -0.05) is 45.4 Å². The summed E-state index contributed by atoms with van der Waals surface area (Å²) in [6, 6.07) is 6.18. The molecule has 0 aliphatic rings. The van der Waals surface area contributed by atoms with E-state index in [1.165, 1.54) is 50.5 Å². The monoisotopic (exact) mass is 268 g/mol. The maximum atomic E-state index is 4.48. The number of rotatable bonds is 8. The van der Waals surface area contributed by atoms with E-state index in [1.807, 2.05) is 12.1 Å². The van der Waals surface area contributed by atoms with Crippen LogP contribution in [0.3, 0.4) is 0 Å². The van der Waals surface area contributed by atoms with E-state index in [1.54, 1.807) is 0 Å². The molecule has 0 saturated heterocycles. The molecule has 0 heterocycles. The SMILES string of the molecule is CCCCCCCCCc1cc(S)ccc1S. The highest BCUT2D eigenvalue weighted by molar-refractivity contribution is 7.80. The van der Waals surface area contributed by atoms with Crippen LogP contribution < -0.4 is 0 Å². The predicted molar refractivity (Wildman–Crippen MR) is 82.6 cm³/mol. The van der Waals surface area contributed by atoms with Crippen molar-refractivity contribution in [1.82, 2.24) is 0 Å². The van der Waals surface area contributed by atoms with E-state index in [-0.39, 0.29) is 0 Å². The number of hydrogen-bond acceptors (Lipinski definition) is 2. The standard InChI is InChI=1S/C15H24S2/c1-2-3-4-5-6-7-8-9-13-12-14(16)10-11-15(13)17/h10-12,16-17H,2-9H2,1H3. The van der Waals surface area contributed by atoms with Crippen LogP contribution in [0.4, 0.5) is 0 Å². The molecule has 1 rings (SSSR count). The molecule has 0 unspecified atom stereocenters. The Morgan fingerprint density at radius 2 is 1.53 bits per heavy atom. The van der Waals surface area contributed by atoms with Gasteiger partial charge in [-0.2, -0.15) is 0 Å². The van der Waals surface area contributed by atoms with Crippen LogP contribution in [0.1, 0.15) is 57.4 Å². The highest BCUT2D eigenvalue weighted by Crippen LogP contribution is 2.20. The molecule has 96 valence electrons. The molecular formula is C15H24S2. The number of aryl methyl sites for hydroxylation is 1. The molecule has 0 fully saturated rings. The molecule has 0 aromatic heterocycles. The van der Waals surface area contributed by atoms with Crippen LogP contribution >= 0.6 is 25.3 Å². The Kier molecular flexibility index (Phi) is 7.87. The van der Waals surface area contributed by atoms with Crippen molar-refractivity contribution in [1.29, 1.82) is 0 Å². The number of benzene rings is 1. The van der Waals surface area contributed by atoms with Crippen LogP contribution in [0.25, 0.3) is 0 Å². The lowest BCUT2D eigenvalue weighted by molar-refractivity contribution is 0.588. The van der Waals surface area contributed by atoms with E-state index in [0.29, 0.717) is 0 Å². The summed E-state index contributed by atoms with van der Waals surface area (Å²) in [6.45, 7) is 2.26. The van der Waals surface area contributed by atoms with Crippen LogP contribution in [0, 0.1) is 0 Å². The molecular weight excluding hydrogens is 244 g/mol. The van der Waals surface area contributed by atoms with Crippen LogP contribution in [-0.4, -0.2) is 0 Å². The van der Waals surface area contributed by atoms with E-state index < -0.39 is 0 Å². The van der Waals surface area contributed by atoms with Gasteiger partial charge in [0.1, 0.15) is 0 Å². The van der Waals surface area contributed by atoms with Gasteiger partial charge in [0, 0.05) is 9.79 Å². The van der Waals surface area contributed by atoms with Crippen LogP contribution in [0.5, 0.6) is 0 Å². The van der Waals surface area contributed by atoms with Gasteiger partial charge in [-0.3, -0.25) is 0 Å². The van der Waals surface area contributed by atoms with Gasteiger partial charge in [0.2, 0.25) is 0 Å². The van der Waals surface area contributed by atoms with Crippen molar-refractivity contribution in [2.24, 2.45) is 0 Å². The maximum Gasteiger partial charge on any atom is 0.00728 e. The molecule has 0 spiro atoms. The summed E-state index contributed by atoms with van der Waals surface area (Å²) in [5.74, 6) is 0. The summed E-state index contributed by atoms with van der Waals surface area (Å²) in [5, 5.41) is 0. The largest absolute Gasteiger partial charge is 0.143 e. The summed E-state index contributed by atoms with van der Waals surface area (Å²) in [7, 11) is 0.